The highest BCUT2D eigenvalue weighted by Gasteiger charge is 2.18. The number of Topliss-reactive ketones (excluding diaryl/α,β-unsaturated/α-hetero) is 1. The Kier molecular flexibility index (Phi) is 6.53. The fraction of sp³-hybridized carbons (Fsp3) is 0.350. The molecule has 0 fully saturated rings. The van der Waals surface area contributed by atoms with Gasteiger partial charge in [-0.15, -0.1) is 11.3 Å². The molecule has 3 rings (SSSR count). The molecule has 0 amide bonds. The molecule has 2 aromatic heterocycles. The largest absolute Gasteiger partial charge is 0.497 e. The Morgan fingerprint density at radius 3 is 2.57 bits per heavy atom. The number of carbonyl (C=O) groups is 1. The second-order valence-electron chi connectivity index (χ2n) is 6.25. The summed E-state index contributed by atoms with van der Waals surface area (Å²) in [7, 11) is 3.18. The van der Waals surface area contributed by atoms with Crippen molar-refractivity contribution in [2.24, 2.45) is 0 Å². The number of ketones is 1. The maximum absolute atomic E-state index is 13.0. The molecule has 1 aromatic carbocycles. The SMILES string of the molecule is COCCn1c(SCC(=O)c2ccc(OC)cc2)nc2sc(C)c(C)c2c1=O. The number of aromatic nitrogens is 2. The summed E-state index contributed by atoms with van der Waals surface area (Å²) in [6.07, 6.45) is 0. The molecule has 2 heterocycles. The van der Waals surface area contributed by atoms with Crippen LogP contribution in [0.5, 0.6) is 5.75 Å². The Morgan fingerprint density at radius 1 is 1.21 bits per heavy atom. The van der Waals surface area contributed by atoms with Crippen LogP contribution in [0.2, 0.25) is 0 Å². The fourth-order valence-corrected chi connectivity index (χ4v) is 4.78. The number of hydrogen-bond donors (Lipinski definition) is 0. The summed E-state index contributed by atoms with van der Waals surface area (Å²) in [5, 5.41) is 1.20. The standard InChI is InChI=1S/C20H22N2O4S2/c1-12-13(2)28-18-17(12)19(24)22(9-10-25-3)20(21-18)27-11-16(23)14-5-7-15(26-4)8-6-14/h5-8H,9-11H2,1-4H3. The highest BCUT2D eigenvalue weighted by Crippen LogP contribution is 2.28. The Labute approximate surface area is 171 Å². The van der Waals surface area contributed by atoms with E-state index in [-0.39, 0.29) is 17.1 Å². The van der Waals surface area contributed by atoms with Crippen LogP contribution >= 0.6 is 23.1 Å². The highest BCUT2D eigenvalue weighted by atomic mass is 32.2. The van der Waals surface area contributed by atoms with Crippen LogP contribution in [0.25, 0.3) is 10.2 Å². The number of ether oxygens (including phenoxy) is 2. The lowest BCUT2D eigenvalue weighted by Gasteiger charge is -2.11. The molecule has 0 radical (unpaired) electrons. The lowest BCUT2D eigenvalue weighted by molar-refractivity contribution is 0.102. The molecule has 0 bridgehead atoms. The minimum atomic E-state index is -0.0803. The molecule has 6 nitrogen and oxygen atoms in total. The van der Waals surface area contributed by atoms with E-state index in [0.717, 1.165) is 10.4 Å². The van der Waals surface area contributed by atoms with Gasteiger partial charge in [0.2, 0.25) is 0 Å². The Balaban J connectivity index is 1.90. The van der Waals surface area contributed by atoms with Crippen LogP contribution in [0.3, 0.4) is 0 Å². The Morgan fingerprint density at radius 2 is 1.93 bits per heavy atom. The molecule has 28 heavy (non-hydrogen) atoms. The molecule has 8 heteroatoms. The van der Waals surface area contributed by atoms with E-state index in [2.05, 4.69) is 4.98 Å². The van der Waals surface area contributed by atoms with Gasteiger partial charge in [-0.3, -0.25) is 14.2 Å². The van der Waals surface area contributed by atoms with Gasteiger partial charge in [-0.05, 0) is 43.7 Å². The van der Waals surface area contributed by atoms with Gasteiger partial charge in [-0.25, -0.2) is 4.98 Å². The number of fused-ring (bicyclic) bond motifs is 1. The number of hydrogen-bond acceptors (Lipinski definition) is 7. The second-order valence-corrected chi connectivity index (χ2v) is 8.39. The summed E-state index contributed by atoms with van der Waals surface area (Å²) in [6, 6.07) is 6.99. The van der Waals surface area contributed by atoms with Crippen LogP contribution in [0.4, 0.5) is 0 Å². The second kappa shape index (κ2) is 8.89. The van der Waals surface area contributed by atoms with Crippen molar-refractivity contribution < 1.29 is 14.3 Å². The molecule has 0 saturated heterocycles. The van der Waals surface area contributed by atoms with E-state index >= 15 is 0 Å². The van der Waals surface area contributed by atoms with Crippen LogP contribution in [0.15, 0.2) is 34.2 Å². The van der Waals surface area contributed by atoms with Crippen LogP contribution in [-0.4, -0.2) is 41.9 Å². The molecule has 0 aliphatic carbocycles. The van der Waals surface area contributed by atoms with Crippen LogP contribution < -0.4 is 10.3 Å². The predicted molar refractivity (Wildman–Crippen MR) is 113 cm³/mol. The molecule has 0 atom stereocenters. The zero-order valence-corrected chi connectivity index (χ0v) is 17.9. The summed E-state index contributed by atoms with van der Waals surface area (Å²) in [5.41, 5.74) is 1.49. The molecular formula is C20H22N2O4S2. The lowest BCUT2D eigenvalue weighted by atomic mass is 10.1. The molecule has 0 aliphatic rings. The number of rotatable bonds is 8. The van der Waals surface area contributed by atoms with Crippen molar-refractivity contribution in [3.05, 3.63) is 50.6 Å². The summed E-state index contributed by atoms with van der Waals surface area (Å²) < 4.78 is 11.9. The number of methoxy groups -OCH3 is 2. The number of thiophene rings is 1. The van der Waals surface area contributed by atoms with Gasteiger partial charge in [0.15, 0.2) is 10.9 Å². The van der Waals surface area contributed by atoms with E-state index in [9.17, 15) is 9.59 Å². The smallest absolute Gasteiger partial charge is 0.263 e. The molecule has 0 unspecified atom stereocenters. The van der Waals surface area contributed by atoms with Gasteiger partial charge in [0.1, 0.15) is 10.6 Å². The molecule has 3 aromatic rings. The van der Waals surface area contributed by atoms with Gasteiger partial charge in [-0.1, -0.05) is 11.8 Å². The minimum absolute atomic E-state index is 0.0289. The van der Waals surface area contributed by atoms with Crippen molar-refractivity contribution in [2.75, 3.05) is 26.6 Å². The van der Waals surface area contributed by atoms with Crippen molar-refractivity contribution >= 4 is 39.1 Å². The van der Waals surface area contributed by atoms with Gasteiger partial charge in [0.05, 0.1) is 31.4 Å². The Hall–Kier alpha value is -2.16. The van der Waals surface area contributed by atoms with E-state index in [1.165, 1.54) is 23.1 Å². The van der Waals surface area contributed by atoms with Gasteiger partial charge in [0.25, 0.3) is 5.56 Å². The first-order valence-corrected chi connectivity index (χ1v) is 10.6. The topological polar surface area (TPSA) is 70.4 Å². The van der Waals surface area contributed by atoms with E-state index in [0.29, 0.717) is 39.8 Å². The van der Waals surface area contributed by atoms with Crippen molar-refractivity contribution in [1.29, 1.82) is 0 Å². The number of nitrogens with zero attached hydrogens (tertiary/aromatic N) is 2. The molecule has 148 valence electrons. The lowest BCUT2D eigenvalue weighted by Crippen LogP contribution is -2.25. The highest BCUT2D eigenvalue weighted by molar-refractivity contribution is 7.99. The summed E-state index contributed by atoms with van der Waals surface area (Å²) in [4.78, 5) is 32.1. The van der Waals surface area contributed by atoms with Crippen molar-refractivity contribution in [1.82, 2.24) is 9.55 Å². The third-order valence-electron chi connectivity index (χ3n) is 4.52. The van der Waals surface area contributed by atoms with Crippen LogP contribution in [0, 0.1) is 13.8 Å². The number of thioether (sulfide) groups is 1. The van der Waals surface area contributed by atoms with E-state index in [1.54, 1.807) is 43.1 Å². The zero-order chi connectivity index (χ0) is 20.3. The van der Waals surface area contributed by atoms with E-state index < -0.39 is 0 Å². The van der Waals surface area contributed by atoms with Crippen molar-refractivity contribution in [3.8, 4) is 5.75 Å². The molecule has 0 saturated carbocycles. The first-order chi connectivity index (χ1) is 13.5. The van der Waals surface area contributed by atoms with Crippen LogP contribution in [-0.2, 0) is 11.3 Å². The number of benzene rings is 1. The zero-order valence-electron chi connectivity index (χ0n) is 16.3. The molecule has 0 spiro atoms. The third kappa shape index (κ3) is 4.14. The number of carbonyl (C=O) groups excluding carboxylic acids is 1. The maximum atomic E-state index is 13.0. The summed E-state index contributed by atoms with van der Waals surface area (Å²) >= 11 is 2.78. The van der Waals surface area contributed by atoms with Gasteiger partial charge < -0.3 is 9.47 Å². The molecule has 0 N–H and O–H groups in total. The molecule has 0 aliphatic heterocycles. The third-order valence-corrected chi connectivity index (χ3v) is 6.59. The first-order valence-electron chi connectivity index (χ1n) is 8.75. The fourth-order valence-electron chi connectivity index (χ4n) is 2.79. The van der Waals surface area contributed by atoms with E-state index in [4.69, 9.17) is 9.47 Å². The van der Waals surface area contributed by atoms with Crippen molar-refractivity contribution in [2.45, 2.75) is 25.5 Å². The van der Waals surface area contributed by atoms with Gasteiger partial charge in [-0.2, -0.15) is 0 Å². The van der Waals surface area contributed by atoms with Gasteiger partial charge >= 0.3 is 0 Å². The first kappa shape index (κ1) is 20.6. The quantitative estimate of drug-likeness (QED) is 0.316. The normalized spacial score (nSPS) is 11.1. The summed E-state index contributed by atoms with van der Waals surface area (Å²) in [6.45, 7) is 4.72. The van der Waals surface area contributed by atoms with Gasteiger partial charge in [0, 0.05) is 17.6 Å². The maximum Gasteiger partial charge on any atom is 0.263 e. The average Bonchev–Trinajstić information content (AvgIpc) is 2.99. The predicted octanol–water partition coefficient (Wildman–Crippen LogP) is 3.70. The number of aryl methyl sites for hydroxylation is 2. The molecular weight excluding hydrogens is 396 g/mol. The summed E-state index contributed by atoms with van der Waals surface area (Å²) in [5.74, 6) is 0.868. The van der Waals surface area contributed by atoms with E-state index in [1.807, 2.05) is 13.8 Å². The average molecular weight is 419 g/mol. The van der Waals surface area contributed by atoms with Crippen LogP contribution in [0.1, 0.15) is 20.8 Å². The monoisotopic (exact) mass is 418 g/mol. The minimum Gasteiger partial charge on any atom is -0.497 e. The Bertz CT molecular complexity index is 1050. The van der Waals surface area contributed by atoms with Crippen molar-refractivity contribution in [3.63, 3.8) is 0 Å².